The molecule has 5 N–H and O–H groups in total. The van der Waals surface area contributed by atoms with Crippen molar-refractivity contribution in [2.45, 2.75) is 102 Å². The molecule has 1 heterocycles. The van der Waals surface area contributed by atoms with Crippen molar-refractivity contribution in [3.8, 4) is 0 Å². The lowest BCUT2D eigenvalue weighted by Crippen LogP contribution is -2.69. The molecule has 0 radical (unpaired) electrons. The summed E-state index contributed by atoms with van der Waals surface area (Å²) < 4.78 is 0. The maximum Gasteiger partial charge on any atom is 0.136 e. The first-order valence-electron chi connectivity index (χ1n) is 9.06. The second kappa shape index (κ2) is 10.6. The van der Waals surface area contributed by atoms with Crippen molar-refractivity contribution in [1.82, 2.24) is 4.90 Å². The molecule has 0 aromatic rings. The summed E-state index contributed by atoms with van der Waals surface area (Å²) in [5, 5.41) is 49.3. The zero-order chi connectivity index (χ0) is 17.4. The van der Waals surface area contributed by atoms with Crippen molar-refractivity contribution >= 4 is 0 Å². The molecule has 0 amide bonds. The number of aliphatic hydroxyl groups is 5. The number of hydrogen-bond donors (Lipinski definition) is 5. The van der Waals surface area contributed by atoms with Crippen LogP contribution in [0, 0.1) is 0 Å². The van der Waals surface area contributed by atoms with Crippen molar-refractivity contribution in [1.29, 1.82) is 0 Å². The smallest absolute Gasteiger partial charge is 0.136 e. The maximum absolute atomic E-state index is 10.2. The van der Waals surface area contributed by atoms with E-state index in [-0.39, 0.29) is 12.6 Å². The number of piperidine rings is 1. The number of hydrogen-bond acceptors (Lipinski definition) is 6. The van der Waals surface area contributed by atoms with E-state index in [1.54, 1.807) is 4.90 Å². The first-order valence-corrected chi connectivity index (χ1v) is 9.06. The van der Waals surface area contributed by atoms with E-state index in [2.05, 4.69) is 6.92 Å². The largest absolute Gasteiger partial charge is 0.395 e. The Labute approximate surface area is 139 Å². The van der Waals surface area contributed by atoms with E-state index in [4.69, 9.17) is 0 Å². The van der Waals surface area contributed by atoms with Crippen LogP contribution in [0.1, 0.15) is 65.2 Å². The molecule has 0 aromatic heterocycles. The Morgan fingerprint density at radius 1 is 0.826 bits per heavy atom. The molecule has 6 atom stereocenters. The first-order chi connectivity index (χ1) is 11.0. The summed E-state index contributed by atoms with van der Waals surface area (Å²) in [6, 6.07) is -0.849. The third-order valence-electron chi connectivity index (χ3n) is 5.01. The SMILES string of the molecule is CCCCCCCCCC(C)N1C(O)[C@H](O)[C@@H](O)[C@H](O)[C@H]1CO. The quantitative estimate of drug-likeness (QED) is 0.375. The fraction of sp³-hybridized carbons (Fsp3) is 1.00. The molecule has 0 aliphatic carbocycles. The van der Waals surface area contributed by atoms with Gasteiger partial charge in [-0.15, -0.1) is 0 Å². The van der Waals surface area contributed by atoms with E-state index >= 15 is 0 Å². The molecular weight excluding hydrogens is 298 g/mol. The Kier molecular flexibility index (Phi) is 9.58. The van der Waals surface area contributed by atoms with Gasteiger partial charge < -0.3 is 25.5 Å². The van der Waals surface area contributed by atoms with Gasteiger partial charge in [-0.25, -0.2) is 0 Å². The van der Waals surface area contributed by atoms with E-state index in [1.807, 2.05) is 6.92 Å². The van der Waals surface area contributed by atoms with Gasteiger partial charge in [0.2, 0.25) is 0 Å². The lowest BCUT2D eigenvalue weighted by atomic mass is 9.90. The second-order valence-corrected chi connectivity index (χ2v) is 6.84. The Morgan fingerprint density at radius 3 is 1.96 bits per heavy atom. The van der Waals surface area contributed by atoms with Gasteiger partial charge in [0.15, 0.2) is 0 Å². The molecule has 0 spiro atoms. The molecule has 6 heteroatoms. The van der Waals surface area contributed by atoms with Crippen molar-refractivity contribution in [2.24, 2.45) is 0 Å². The van der Waals surface area contributed by atoms with Gasteiger partial charge in [-0.3, -0.25) is 4.90 Å². The molecular formula is C17H35NO5. The molecule has 1 aliphatic heterocycles. The van der Waals surface area contributed by atoms with Gasteiger partial charge in [-0.05, 0) is 13.3 Å². The van der Waals surface area contributed by atoms with E-state index in [1.165, 1.54) is 32.1 Å². The Hall–Kier alpha value is -0.240. The number of likely N-dealkylation sites (tertiary alicyclic amines) is 1. The molecule has 1 rings (SSSR count). The van der Waals surface area contributed by atoms with Gasteiger partial charge in [0, 0.05) is 6.04 Å². The molecule has 2 unspecified atom stereocenters. The average Bonchev–Trinajstić information content (AvgIpc) is 2.54. The zero-order valence-corrected chi connectivity index (χ0v) is 14.5. The van der Waals surface area contributed by atoms with Crippen LogP contribution in [0.2, 0.25) is 0 Å². The van der Waals surface area contributed by atoms with Crippen LogP contribution in [0.25, 0.3) is 0 Å². The molecule has 23 heavy (non-hydrogen) atoms. The molecule has 1 fully saturated rings. The number of unbranched alkanes of at least 4 members (excludes halogenated alkanes) is 6. The fourth-order valence-electron chi connectivity index (χ4n) is 3.49. The van der Waals surface area contributed by atoms with E-state index in [0.717, 1.165) is 19.3 Å². The van der Waals surface area contributed by atoms with Gasteiger partial charge in [-0.2, -0.15) is 0 Å². The van der Waals surface area contributed by atoms with Crippen LogP contribution >= 0.6 is 0 Å². The molecule has 0 aromatic carbocycles. The lowest BCUT2D eigenvalue weighted by molar-refractivity contribution is -0.232. The number of aliphatic hydroxyl groups excluding tert-OH is 5. The molecule has 0 saturated carbocycles. The third kappa shape index (κ3) is 5.66. The summed E-state index contributed by atoms with van der Waals surface area (Å²) in [6.07, 6.45) is 3.78. The topological polar surface area (TPSA) is 104 Å². The summed E-state index contributed by atoms with van der Waals surface area (Å²) >= 11 is 0. The summed E-state index contributed by atoms with van der Waals surface area (Å²) in [7, 11) is 0. The predicted molar refractivity (Wildman–Crippen MR) is 88.8 cm³/mol. The van der Waals surface area contributed by atoms with Gasteiger partial charge in [0.1, 0.15) is 24.5 Å². The minimum absolute atomic E-state index is 0.0883. The number of rotatable bonds is 10. The van der Waals surface area contributed by atoms with Gasteiger partial charge in [-0.1, -0.05) is 51.9 Å². The molecule has 138 valence electrons. The Morgan fingerprint density at radius 2 is 1.39 bits per heavy atom. The molecule has 1 aliphatic rings. The van der Waals surface area contributed by atoms with Crippen LogP contribution < -0.4 is 0 Å². The molecule has 0 bridgehead atoms. The van der Waals surface area contributed by atoms with E-state index < -0.39 is 30.6 Å². The zero-order valence-electron chi connectivity index (χ0n) is 14.5. The summed E-state index contributed by atoms with van der Waals surface area (Å²) in [6.45, 7) is 3.74. The van der Waals surface area contributed by atoms with E-state index in [0.29, 0.717) is 0 Å². The highest BCUT2D eigenvalue weighted by atomic mass is 16.4. The normalized spacial score (nSPS) is 33.8. The predicted octanol–water partition coefficient (Wildman–Crippen LogP) is 0.593. The Balaban J connectivity index is 2.44. The minimum atomic E-state index is -1.44. The highest BCUT2D eigenvalue weighted by molar-refractivity contribution is 4.98. The number of nitrogens with zero attached hydrogens (tertiary/aromatic N) is 1. The fourth-order valence-corrected chi connectivity index (χ4v) is 3.49. The Bertz CT molecular complexity index is 317. The monoisotopic (exact) mass is 333 g/mol. The van der Waals surface area contributed by atoms with Crippen molar-refractivity contribution in [3.05, 3.63) is 0 Å². The van der Waals surface area contributed by atoms with Crippen LogP contribution in [0.15, 0.2) is 0 Å². The van der Waals surface area contributed by atoms with Gasteiger partial charge in [0.25, 0.3) is 0 Å². The van der Waals surface area contributed by atoms with E-state index in [9.17, 15) is 25.5 Å². The highest BCUT2D eigenvalue weighted by Crippen LogP contribution is 2.27. The lowest BCUT2D eigenvalue weighted by Gasteiger charge is -2.49. The van der Waals surface area contributed by atoms with Gasteiger partial charge >= 0.3 is 0 Å². The van der Waals surface area contributed by atoms with Crippen molar-refractivity contribution in [3.63, 3.8) is 0 Å². The van der Waals surface area contributed by atoms with Crippen LogP contribution in [-0.4, -0.2) is 73.7 Å². The van der Waals surface area contributed by atoms with Crippen molar-refractivity contribution in [2.75, 3.05) is 6.61 Å². The molecule has 1 saturated heterocycles. The summed E-state index contributed by atoms with van der Waals surface area (Å²) in [4.78, 5) is 1.54. The summed E-state index contributed by atoms with van der Waals surface area (Å²) in [5.41, 5.74) is 0. The molecule has 6 nitrogen and oxygen atoms in total. The van der Waals surface area contributed by atoms with Crippen molar-refractivity contribution < 1.29 is 25.5 Å². The standard InChI is InChI=1S/C17H35NO5/c1-3-4-5-6-7-8-9-10-12(2)18-13(11-19)14(20)15(21)16(22)17(18)23/h12-17,19-23H,3-11H2,1-2H3/t12?,13-,14-,15+,16-,17?/m1/s1. The maximum atomic E-state index is 10.2. The third-order valence-corrected chi connectivity index (χ3v) is 5.01. The first kappa shape index (κ1) is 20.8. The van der Waals surface area contributed by atoms with Crippen LogP contribution in [-0.2, 0) is 0 Å². The van der Waals surface area contributed by atoms with Gasteiger partial charge in [0.05, 0.1) is 12.6 Å². The van der Waals surface area contributed by atoms with Crippen LogP contribution in [0.3, 0.4) is 0 Å². The highest BCUT2D eigenvalue weighted by Gasteiger charge is 2.48. The van der Waals surface area contributed by atoms with Crippen LogP contribution in [0.4, 0.5) is 0 Å². The average molecular weight is 333 g/mol. The summed E-state index contributed by atoms with van der Waals surface area (Å²) in [5.74, 6) is 0. The second-order valence-electron chi connectivity index (χ2n) is 6.84. The van der Waals surface area contributed by atoms with Crippen LogP contribution in [0.5, 0.6) is 0 Å². The minimum Gasteiger partial charge on any atom is -0.395 e.